The quantitative estimate of drug-likeness (QED) is 0.826. The van der Waals surface area contributed by atoms with Crippen molar-refractivity contribution in [1.82, 2.24) is 4.98 Å². The lowest BCUT2D eigenvalue weighted by atomic mass is 10.2. The summed E-state index contributed by atoms with van der Waals surface area (Å²) in [5.74, 6) is 0. The second-order valence-corrected chi connectivity index (χ2v) is 4.77. The summed E-state index contributed by atoms with van der Waals surface area (Å²) in [4.78, 5) is 7.61. The second kappa shape index (κ2) is 4.60. The van der Waals surface area contributed by atoms with Crippen molar-refractivity contribution in [3.63, 3.8) is 0 Å². The highest BCUT2D eigenvalue weighted by atomic mass is 32.1. The first-order valence-corrected chi connectivity index (χ1v) is 5.90. The molecule has 82 valence electrons. The fourth-order valence-corrected chi connectivity index (χ4v) is 2.59. The van der Waals surface area contributed by atoms with E-state index in [1.54, 1.807) is 0 Å². The molecule has 0 aliphatic heterocycles. The third-order valence-corrected chi connectivity index (χ3v) is 3.48. The van der Waals surface area contributed by atoms with Crippen molar-refractivity contribution in [2.45, 2.75) is 19.4 Å². The van der Waals surface area contributed by atoms with E-state index in [4.69, 9.17) is 6.57 Å². The maximum Gasteiger partial charge on any atom is 0.217 e. The van der Waals surface area contributed by atoms with Crippen LogP contribution in [0.15, 0.2) is 18.2 Å². The lowest BCUT2D eigenvalue weighted by molar-refractivity contribution is 0.172. The Kier molecular flexibility index (Phi) is 3.18. The standard InChI is InChI=1S/C12H12N2OS/c1-8-3-4-9-11(7-8)16-12(14-9)10(15)5-6-13-2/h3-4,7,10,15H,5-6H2,1H3/t10-/m0/s1. The van der Waals surface area contributed by atoms with Crippen LogP contribution in [0.3, 0.4) is 0 Å². The van der Waals surface area contributed by atoms with Crippen LogP contribution in [0.5, 0.6) is 0 Å². The third-order valence-electron chi connectivity index (χ3n) is 2.36. The first kappa shape index (κ1) is 11.1. The summed E-state index contributed by atoms with van der Waals surface area (Å²) >= 11 is 1.51. The van der Waals surface area contributed by atoms with Gasteiger partial charge in [-0.05, 0) is 24.6 Å². The fraction of sp³-hybridized carbons (Fsp3) is 0.333. The second-order valence-electron chi connectivity index (χ2n) is 3.71. The fourth-order valence-electron chi connectivity index (χ4n) is 1.50. The van der Waals surface area contributed by atoms with E-state index in [1.165, 1.54) is 16.9 Å². The molecule has 1 aromatic heterocycles. The van der Waals surface area contributed by atoms with Crippen LogP contribution in [-0.2, 0) is 0 Å². The van der Waals surface area contributed by atoms with E-state index in [9.17, 15) is 5.11 Å². The monoisotopic (exact) mass is 232 g/mol. The predicted molar refractivity (Wildman–Crippen MR) is 65.4 cm³/mol. The average Bonchev–Trinajstić information content (AvgIpc) is 2.68. The SMILES string of the molecule is [C-]#[N+]CC[C@H](O)c1nc2ccc(C)cc2s1. The van der Waals surface area contributed by atoms with Gasteiger partial charge in [-0.3, -0.25) is 0 Å². The molecule has 3 nitrogen and oxygen atoms in total. The predicted octanol–water partition coefficient (Wildman–Crippen LogP) is 2.95. The van der Waals surface area contributed by atoms with Crippen LogP contribution in [-0.4, -0.2) is 16.6 Å². The highest BCUT2D eigenvalue weighted by molar-refractivity contribution is 7.18. The molecule has 0 aliphatic carbocycles. The Labute approximate surface area is 98.2 Å². The Balaban J connectivity index is 2.29. The minimum Gasteiger partial charge on any atom is -0.386 e. The van der Waals surface area contributed by atoms with E-state index in [1.807, 2.05) is 19.1 Å². The number of fused-ring (bicyclic) bond motifs is 1. The van der Waals surface area contributed by atoms with Gasteiger partial charge in [-0.25, -0.2) is 11.6 Å². The maximum absolute atomic E-state index is 9.83. The number of benzene rings is 1. The molecule has 0 amide bonds. The van der Waals surface area contributed by atoms with Gasteiger partial charge in [0.15, 0.2) is 0 Å². The molecule has 0 bridgehead atoms. The summed E-state index contributed by atoms with van der Waals surface area (Å²) < 4.78 is 1.09. The number of hydrogen-bond acceptors (Lipinski definition) is 3. The van der Waals surface area contributed by atoms with Crippen molar-refractivity contribution in [3.05, 3.63) is 40.2 Å². The lowest BCUT2D eigenvalue weighted by Crippen LogP contribution is -1.97. The van der Waals surface area contributed by atoms with Crippen LogP contribution in [0.1, 0.15) is 23.1 Å². The van der Waals surface area contributed by atoms with Crippen molar-refractivity contribution in [2.75, 3.05) is 6.54 Å². The van der Waals surface area contributed by atoms with Gasteiger partial charge in [0, 0.05) is 0 Å². The molecule has 0 radical (unpaired) electrons. The molecule has 0 aliphatic rings. The number of hydrogen-bond donors (Lipinski definition) is 1. The zero-order valence-corrected chi connectivity index (χ0v) is 9.79. The van der Waals surface area contributed by atoms with E-state index in [0.29, 0.717) is 18.0 Å². The highest BCUT2D eigenvalue weighted by Crippen LogP contribution is 2.28. The number of aliphatic hydroxyl groups is 1. The van der Waals surface area contributed by atoms with Crippen LogP contribution < -0.4 is 0 Å². The molecular formula is C12H12N2OS. The number of rotatable bonds is 3. The Morgan fingerprint density at radius 1 is 1.56 bits per heavy atom. The van der Waals surface area contributed by atoms with Crippen molar-refractivity contribution in [3.8, 4) is 0 Å². The molecule has 0 unspecified atom stereocenters. The zero-order valence-electron chi connectivity index (χ0n) is 8.97. The van der Waals surface area contributed by atoms with Gasteiger partial charge in [-0.1, -0.05) is 6.07 Å². The van der Waals surface area contributed by atoms with Gasteiger partial charge in [0.2, 0.25) is 6.54 Å². The minimum absolute atomic E-state index is 0.343. The first-order chi connectivity index (χ1) is 7.70. The third kappa shape index (κ3) is 2.21. The van der Waals surface area contributed by atoms with Crippen LogP contribution in [0, 0.1) is 13.5 Å². The molecule has 1 heterocycles. The Morgan fingerprint density at radius 3 is 3.12 bits per heavy atom. The van der Waals surface area contributed by atoms with Crippen LogP contribution in [0.2, 0.25) is 0 Å². The first-order valence-electron chi connectivity index (χ1n) is 5.09. The van der Waals surface area contributed by atoms with E-state index in [2.05, 4.69) is 15.9 Å². The van der Waals surface area contributed by atoms with Crippen molar-refractivity contribution >= 4 is 21.6 Å². The molecule has 4 heteroatoms. The van der Waals surface area contributed by atoms with Gasteiger partial charge in [-0.2, -0.15) is 0 Å². The molecule has 0 saturated heterocycles. The largest absolute Gasteiger partial charge is 0.386 e. The van der Waals surface area contributed by atoms with E-state index in [-0.39, 0.29) is 0 Å². The Hall–Kier alpha value is -1.44. The summed E-state index contributed by atoms with van der Waals surface area (Å²) in [5, 5.41) is 10.5. The molecule has 1 atom stereocenters. The average molecular weight is 232 g/mol. The maximum atomic E-state index is 9.83. The molecule has 0 saturated carbocycles. The molecule has 16 heavy (non-hydrogen) atoms. The minimum atomic E-state index is -0.605. The van der Waals surface area contributed by atoms with Gasteiger partial charge in [0.1, 0.15) is 11.1 Å². The van der Waals surface area contributed by atoms with Gasteiger partial charge in [0.05, 0.1) is 16.6 Å². The molecular weight excluding hydrogens is 220 g/mol. The Morgan fingerprint density at radius 2 is 2.38 bits per heavy atom. The van der Waals surface area contributed by atoms with E-state index >= 15 is 0 Å². The molecule has 2 rings (SSSR count). The molecule has 0 fully saturated rings. The smallest absolute Gasteiger partial charge is 0.217 e. The zero-order chi connectivity index (χ0) is 11.5. The number of aromatic nitrogens is 1. The summed E-state index contributed by atoms with van der Waals surface area (Å²) in [6.45, 7) is 9.07. The van der Waals surface area contributed by atoms with Crippen molar-refractivity contribution in [2.24, 2.45) is 0 Å². The van der Waals surface area contributed by atoms with E-state index in [0.717, 1.165) is 10.2 Å². The molecule has 1 N–H and O–H groups in total. The van der Waals surface area contributed by atoms with Crippen LogP contribution in [0.4, 0.5) is 0 Å². The number of thiazole rings is 1. The summed E-state index contributed by atoms with van der Waals surface area (Å²) in [7, 11) is 0. The molecule has 0 spiro atoms. The van der Waals surface area contributed by atoms with Crippen molar-refractivity contribution < 1.29 is 5.11 Å². The lowest BCUT2D eigenvalue weighted by Gasteiger charge is -2.00. The van der Waals surface area contributed by atoms with Gasteiger partial charge in [0.25, 0.3) is 0 Å². The van der Waals surface area contributed by atoms with Gasteiger partial charge in [-0.15, -0.1) is 11.3 Å². The van der Waals surface area contributed by atoms with E-state index < -0.39 is 6.10 Å². The van der Waals surface area contributed by atoms with Gasteiger partial charge >= 0.3 is 0 Å². The van der Waals surface area contributed by atoms with Crippen LogP contribution >= 0.6 is 11.3 Å². The summed E-state index contributed by atoms with van der Waals surface area (Å²) in [5.41, 5.74) is 2.12. The molecule has 1 aromatic carbocycles. The topological polar surface area (TPSA) is 37.5 Å². The molecule has 2 aromatic rings. The normalized spacial score (nSPS) is 12.6. The number of aliphatic hydroxyl groups excluding tert-OH is 1. The highest BCUT2D eigenvalue weighted by Gasteiger charge is 2.14. The summed E-state index contributed by atoms with van der Waals surface area (Å²) in [6, 6.07) is 6.04. The Bertz CT molecular complexity index is 541. The number of nitrogens with zero attached hydrogens (tertiary/aromatic N) is 2. The number of aryl methyl sites for hydroxylation is 1. The summed E-state index contributed by atoms with van der Waals surface area (Å²) in [6.07, 6.45) is -0.144. The van der Waals surface area contributed by atoms with Gasteiger partial charge < -0.3 is 9.95 Å². The van der Waals surface area contributed by atoms with Crippen LogP contribution in [0.25, 0.3) is 15.1 Å². The van der Waals surface area contributed by atoms with Crippen molar-refractivity contribution in [1.29, 1.82) is 0 Å².